The Hall–Kier alpha value is -7.22. The number of hydrogen-bond donors (Lipinski definition) is 3. The summed E-state index contributed by atoms with van der Waals surface area (Å²) in [5, 5.41) is 18.9. The molecular formula is C39H34N4O10. The van der Waals surface area contributed by atoms with Crippen LogP contribution < -0.4 is 20.7 Å². The fraction of sp³-hybridized carbons (Fsp3) is 0.128. The zero-order valence-corrected chi connectivity index (χ0v) is 28.2. The maximum atomic E-state index is 12.3. The fourth-order valence-electron chi connectivity index (χ4n) is 4.73. The van der Waals surface area contributed by atoms with E-state index in [4.69, 9.17) is 18.9 Å². The van der Waals surface area contributed by atoms with Gasteiger partial charge in [-0.05, 0) is 70.8 Å². The minimum atomic E-state index is -0.980. The van der Waals surface area contributed by atoms with Crippen molar-refractivity contribution in [3.8, 4) is 5.75 Å². The molecule has 0 aliphatic heterocycles. The second kappa shape index (κ2) is 18.7. The lowest BCUT2D eigenvalue weighted by molar-refractivity contribution is -0.384. The molecule has 0 atom stereocenters. The highest BCUT2D eigenvalue weighted by molar-refractivity contribution is 5.92. The summed E-state index contributed by atoms with van der Waals surface area (Å²) in [7, 11) is 0. The Morgan fingerprint density at radius 2 is 1.06 bits per heavy atom. The standard InChI is InChI=1S/C39H34N4O10/c44-36(24-28-4-2-1-3-5-28)40-31-12-6-27(7-13-31)22-23-50-37(45)41-32-14-8-29(9-15-32)25-51-38(46)42-33-16-10-30(11-17-33)26-52-39(47)53-35-20-18-34(19-21-35)43(48)49/h1-21H,22-26H2,(H,40,44)(H,41,45)(H,42,46). The molecule has 270 valence electrons. The summed E-state index contributed by atoms with van der Waals surface area (Å²) in [5.74, 6) is -0.00491. The molecule has 0 radical (unpaired) electrons. The van der Waals surface area contributed by atoms with Crippen molar-refractivity contribution in [1.82, 2.24) is 0 Å². The van der Waals surface area contributed by atoms with Crippen LogP contribution in [0.4, 0.5) is 37.1 Å². The van der Waals surface area contributed by atoms with Crippen LogP contribution in [0.5, 0.6) is 5.75 Å². The molecule has 0 fully saturated rings. The molecule has 5 rings (SSSR count). The topological polar surface area (TPSA) is 184 Å². The third-order valence-electron chi connectivity index (χ3n) is 7.45. The molecule has 3 N–H and O–H groups in total. The molecule has 5 aromatic rings. The average Bonchev–Trinajstić information content (AvgIpc) is 3.15. The van der Waals surface area contributed by atoms with E-state index >= 15 is 0 Å². The Morgan fingerprint density at radius 3 is 1.62 bits per heavy atom. The number of hydrogen-bond acceptors (Lipinski definition) is 10. The van der Waals surface area contributed by atoms with Gasteiger partial charge < -0.3 is 24.3 Å². The van der Waals surface area contributed by atoms with Crippen molar-refractivity contribution in [3.63, 3.8) is 0 Å². The first-order valence-electron chi connectivity index (χ1n) is 16.3. The van der Waals surface area contributed by atoms with E-state index in [1.165, 1.54) is 24.3 Å². The van der Waals surface area contributed by atoms with Crippen LogP contribution in [-0.4, -0.2) is 35.8 Å². The molecule has 3 amide bonds. The smallest absolute Gasteiger partial charge is 0.449 e. The lowest BCUT2D eigenvalue weighted by Gasteiger charge is -2.10. The van der Waals surface area contributed by atoms with Crippen molar-refractivity contribution in [3.05, 3.63) is 160 Å². The van der Waals surface area contributed by atoms with Gasteiger partial charge in [0.2, 0.25) is 5.91 Å². The molecule has 0 spiro atoms. The van der Waals surface area contributed by atoms with E-state index in [1.54, 1.807) is 60.7 Å². The number of nitrogens with zero attached hydrogens (tertiary/aromatic N) is 1. The minimum absolute atomic E-state index is 0.0190. The summed E-state index contributed by atoms with van der Waals surface area (Å²) in [6.07, 6.45) is -1.50. The van der Waals surface area contributed by atoms with Gasteiger partial charge in [0, 0.05) is 35.6 Å². The molecule has 0 bridgehead atoms. The molecule has 0 saturated carbocycles. The number of rotatable bonds is 14. The van der Waals surface area contributed by atoms with Crippen LogP contribution in [0.2, 0.25) is 0 Å². The molecule has 14 nitrogen and oxygen atoms in total. The van der Waals surface area contributed by atoms with E-state index in [0.717, 1.165) is 11.1 Å². The quantitative estimate of drug-likeness (QED) is 0.0334. The summed E-state index contributed by atoms with van der Waals surface area (Å²) in [6.45, 7) is 0.0334. The first-order chi connectivity index (χ1) is 25.7. The van der Waals surface area contributed by atoms with Crippen LogP contribution in [0.3, 0.4) is 0 Å². The largest absolute Gasteiger partial charge is 0.514 e. The van der Waals surface area contributed by atoms with Crippen LogP contribution in [0, 0.1) is 10.1 Å². The number of amides is 3. The summed E-state index contributed by atoms with van der Waals surface area (Å²) in [5.41, 5.74) is 4.68. The molecule has 0 aliphatic rings. The summed E-state index contributed by atoms with van der Waals surface area (Å²) >= 11 is 0. The molecule has 53 heavy (non-hydrogen) atoms. The molecule has 0 heterocycles. The second-order valence-electron chi connectivity index (χ2n) is 11.4. The van der Waals surface area contributed by atoms with Gasteiger partial charge in [-0.15, -0.1) is 0 Å². The maximum Gasteiger partial charge on any atom is 0.514 e. The van der Waals surface area contributed by atoms with Gasteiger partial charge in [-0.2, -0.15) is 0 Å². The summed E-state index contributed by atoms with van der Waals surface area (Å²) < 4.78 is 20.6. The zero-order chi connectivity index (χ0) is 37.4. The number of nitro benzene ring substituents is 1. The number of nitrogens with one attached hydrogen (secondary N) is 3. The number of non-ortho nitro benzene ring substituents is 1. The van der Waals surface area contributed by atoms with Gasteiger partial charge in [-0.25, -0.2) is 14.4 Å². The van der Waals surface area contributed by atoms with E-state index in [0.29, 0.717) is 34.6 Å². The Morgan fingerprint density at radius 1 is 0.547 bits per heavy atom. The van der Waals surface area contributed by atoms with E-state index in [-0.39, 0.29) is 43.6 Å². The van der Waals surface area contributed by atoms with Crippen molar-refractivity contribution < 1.29 is 43.0 Å². The van der Waals surface area contributed by atoms with Crippen LogP contribution in [0.15, 0.2) is 127 Å². The highest BCUT2D eigenvalue weighted by atomic mass is 16.7. The molecule has 0 unspecified atom stereocenters. The first kappa shape index (κ1) is 37.0. The highest BCUT2D eigenvalue weighted by Crippen LogP contribution is 2.19. The summed E-state index contributed by atoms with van der Waals surface area (Å²) in [4.78, 5) is 58.9. The summed E-state index contributed by atoms with van der Waals surface area (Å²) in [6, 6.07) is 35.0. The normalized spacial score (nSPS) is 10.3. The Bertz CT molecular complexity index is 2000. The van der Waals surface area contributed by atoms with Crippen molar-refractivity contribution >= 4 is 47.0 Å². The van der Waals surface area contributed by atoms with E-state index < -0.39 is 23.3 Å². The molecule has 0 aliphatic carbocycles. The van der Waals surface area contributed by atoms with Gasteiger partial charge in [0.05, 0.1) is 18.0 Å². The number of ether oxygens (including phenoxy) is 4. The van der Waals surface area contributed by atoms with Crippen molar-refractivity contribution in [1.29, 1.82) is 0 Å². The Labute approximate surface area is 303 Å². The molecule has 14 heteroatoms. The number of carbonyl (C=O) groups is 4. The van der Waals surface area contributed by atoms with Gasteiger partial charge in [0.25, 0.3) is 5.69 Å². The van der Waals surface area contributed by atoms with Crippen LogP contribution in [0.1, 0.15) is 22.3 Å². The monoisotopic (exact) mass is 718 g/mol. The van der Waals surface area contributed by atoms with Crippen LogP contribution >= 0.6 is 0 Å². The minimum Gasteiger partial charge on any atom is -0.449 e. The van der Waals surface area contributed by atoms with E-state index in [1.807, 2.05) is 42.5 Å². The first-order valence-corrected chi connectivity index (χ1v) is 16.3. The zero-order valence-electron chi connectivity index (χ0n) is 28.2. The number of benzene rings is 5. The SMILES string of the molecule is O=C(Cc1ccccc1)Nc1ccc(CCOC(=O)Nc2ccc(COC(=O)Nc3ccc(COC(=O)Oc4ccc([N+](=O)[O-])cc4)cc3)cc2)cc1. The number of anilines is 3. The predicted molar refractivity (Wildman–Crippen MR) is 194 cm³/mol. The molecule has 0 saturated heterocycles. The van der Waals surface area contributed by atoms with E-state index in [2.05, 4.69) is 16.0 Å². The van der Waals surface area contributed by atoms with Gasteiger partial charge in [-0.3, -0.25) is 25.5 Å². The molecule has 5 aromatic carbocycles. The molecule has 0 aromatic heterocycles. The number of nitro groups is 1. The van der Waals surface area contributed by atoms with Crippen LogP contribution in [0.25, 0.3) is 0 Å². The van der Waals surface area contributed by atoms with Gasteiger partial charge in [0.1, 0.15) is 19.0 Å². The average molecular weight is 719 g/mol. The van der Waals surface area contributed by atoms with Crippen molar-refractivity contribution in [2.75, 3.05) is 22.6 Å². The molecular weight excluding hydrogens is 684 g/mol. The second-order valence-corrected chi connectivity index (χ2v) is 11.4. The van der Waals surface area contributed by atoms with Crippen molar-refractivity contribution in [2.45, 2.75) is 26.1 Å². The third-order valence-corrected chi connectivity index (χ3v) is 7.45. The predicted octanol–water partition coefficient (Wildman–Crippen LogP) is 8.03. The van der Waals surface area contributed by atoms with Crippen LogP contribution in [-0.2, 0) is 45.1 Å². The van der Waals surface area contributed by atoms with E-state index in [9.17, 15) is 29.3 Å². The van der Waals surface area contributed by atoms with Gasteiger partial charge >= 0.3 is 18.3 Å². The van der Waals surface area contributed by atoms with Gasteiger partial charge in [-0.1, -0.05) is 66.7 Å². The lowest BCUT2D eigenvalue weighted by atomic mass is 10.1. The number of carbonyl (C=O) groups excluding carboxylic acids is 4. The fourth-order valence-corrected chi connectivity index (χ4v) is 4.73. The highest BCUT2D eigenvalue weighted by Gasteiger charge is 2.11. The Balaban J connectivity index is 0.946. The van der Waals surface area contributed by atoms with Crippen molar-refractivity contribution in [2.24, 2.45) is 0 Å². The lowest BCUT2D eigenvalue weighted by Crippen LogP contribution is -2.16. The maximum absolute atomic E-state index is 12.3. The third kappa shape index (κ3) is 12.6. The van der Waals surface area contributed by atoms with Gasteiger partial charge in [0.15, 0.2) is 0 Å². The Kier molecular flexibility index (Phi) is 13.1.